The molecule has 0 radical (unpaired) electrons. The summed E-state index contributed by atoms with van der Waals surface area (Å²) in [4.78, 5) is 33.2. The summed E-state index contributed by atoms with van der Waals surface area (Å²) in [5.41, 5.74) is 5.28. The number of rotatable bonds is 10. The largest absolute Gasteiger partial charge is 1.00 e. The van der Waals surface area contributed by atoms with Crippen molar-refractivity contribution in [2.24, 2.45) is 5.73 Å². The smallest absolute Gasteiger partial charge is 1.00 e. The molecular formula is C10H19N2NaO6. The Morgan fingerprint density at radius 1 is 1.05 bits per heavy atom. The molecule has 0 aromatic carbocycles. The van der Waals surface area contributed by atoms with Gasteiger partial charge in [-0.05, 0) is 19.4 Å². The van der Waals surface area contributed by atoms with Crippen molar-refractivity contribution in [3.63, 3.8) is 0 Å². The zero-order valence-electron chi connectivity index (χ0n) is 11.9. The molecule has 0 saturated heterocycles. The molecule has 0 aromatic heterocycles. The van der Waals surface area contributed by atoms with Gasteiger partial charge in [0.1, 0.15) is 6.04 Å². The van der Waals surface area contributed by atoms with Crippen molar-refractivity contribution >= 4 is 17.9 Å². The van der Waals surface area contributed by atoms with Gasteiger partial charge < -0.3 is 22.5 Å². The molecule has 1 atom stereocenters. The Morgan fingerprint density at radius 3 is 1.84 bits per heavy atom. The molecule has 0 aliphatic heterocycles. The number of carboxylic acid groups (broad SMARTS) is 3. The SMILES string of the molecule is NCCCC[C@@H](C(=O)O)N(CC(=O)O)CC(=O)O.[H-].[Na+]. The van der Waals surface area contributed by atoms with Gasteiger partial charge in [-0.25, -0.2) is 0 Å². The summed E-state index contributed by atoms with van der Waals surface area (Å²) in [6.07, 6.45) is 1.29. The van der Waals surface area contributed by atoms with Crippen LogP contribution in [0, 0.1) is 0 Å². The molecule has 5 N–H and O–H groups in total. The topological polar surface area (TPSA) is 141 Å². The van der Waals surface area contributed by atoms with Crippen molar-refractivity contribution < 1.29 is 60.7 Å². The molecule has 106 valence electrons. The fourth-order valence-electron chi connectivity index (χ4n) is 1.57. The molecule has 8 nitrogen and oxygen atoms in total. The van der Waals surface area contributed by atoms with Crippen LogP contribution < -0.4 is 35.3 Å². The number of carbonyl (C=O) groups is 3. The van der Waals surface area contributed by atoms with E-state index < -0.39 is 37.0 Å². The van der Waals surface area contributed by atoms with Crippen molar-refractivity contribution in [3.05, 3.63) is 0 Å². The standard InChI is InChI=1S/C10H18N2O6.Na.H/c11-4-2-1-3-7(10(17)18)12(5-8(13)14)6-9(15)16;;/h7H,1-6,11H2,(H,13,14)(H,15,16)(H,17,18);;/q;+1;-1/t7-;;/m0../s1. The van der Waals surface area contributed by atoms with Crippen molar-refractivity contribution in [2.45, 2.75) is 25.3 Å². The van der Waals surface area contributed by atoms with Crippen LogP contribution >= 0.6 is 0 Å². The predicted octanol–water partition coefficient (Wildman–Crippen LogP) is -3.84. The van der Waals surface area contributed by atoms with Crippen molar-refractivity contribution in [1.82, 2.24) is 4.90 Å². The average Bonchev–Trinajstić information content (AvgIpc) is 2.21. The Balaban J connectivity index is -0.00000144. The van der Waals surface area contributed by atoms with Crippen LogP contribution in [0.25, 0.3) is 0 Å². The molecule has 9 heteroatoms. The summed E-state index contributed by atoms with van der Waals surface area (Å²) < 4.78 is 0. The molecular weight excluding hydrogens is 267 g/mol. The van der Waals surface area contributed by atoms with Crippen LogP contribution in [0.4, 0.5) is 0 Å². The van der Waals surface area contributed by atoms with E-state index >= 15 is 0 Å². The monoisotopic (exact) mass is 286 g/mol. The first kappa shape index (κ1) is 20.6. The van der Waals surface area contributed by atoms with Gasteiger partial charge in [0.15, 0.2) is 0 Å². The van der Waals surface area contributed by atoms with E-state index in [0.717, 1.165) is 4.90 Å². The average molecular weight is 286 g/mol. The van der Waals surface area contributed by atoms with Gasteiger partial charge in [-0.1, -0.05) is 6.42 Å². The minimum Gasteiger partial charge on any atom is -1.00 e. The van der Waals surface area contributed by atoms with E-state index in [-0.39, 0.29) is 37.4 Å². The van der Waals surface area contributed by atoms with Crippen LogP contribution in [-0.4, -0.2) is 63.8 Å². The molecule has 0 bridgehead atoms. The quantitative estimate of drug-likeness (QED) is 0.236. The van der Waals surface area contributed by atoms with Crippen molar-refractivity contribution in [1.29, 1.82) is 0 Å². The molecule has 0 rings (SSSR count). The first-order chi connectivity index (χ1) is 8.38. The van der Waals surface area contributed by atoms with E-state index in [1.54, 1.807) is 0 Å². The predicted molar refractivity (Wildman–Crippen MR) is 62.3 cm³/mol. The second-order valence-electron chi connectivity index (χ2n) is 3.83. The molecule has 0 amide bonds. The fraction of sp³-hybridized carbons (Fsp3) is 0.700. The Kier molecular flexibility index (Phi) is 12.1. The van der Waals surface area contributed by atoms with Gasteiger partial charge in [-0.2, -0.15) is 0 Å². The van der Waals surface area contributed by atoms with E-state index in [9.17, 15) is 14.4 Å². The number of unbranched alkanes of at least 4 members (excludes halogenated alkanes) is 1. The van der Waals surface area contributed by atoms with Gasteiger partial charge in [-0.15, -0.1) is 0 Å². The summed E-state index contributed by atoms with van der Waals surface area (Å²) in [7, 11) is 0. The molecule has 0 aliphatic rings. The summed E-state index contributed by atoms with van der Waals surface area (Å²) in [6.45, 7) is -0.831. The normalized spacial score (nSPS) is 11.7. The Hall–Kier alpha value is -0.670. The molecule has 0 saturated carbocycles. The van der Waals surface area contributed by atoms with E-state index in [0.29, 0.717) is 19.4 Å². The molecule has 19 heavy (non-hydrogen) atoms. The van der Waals surface area contributed by atoms with Gasteiger partial charge in [0.05, 0.1) is 13.1 Å². The number of nitrogens with two attached hydrogens (primary N) is 1. The molecule has 0 aromatic rings. The maximum atomic E-state index is 11.0. The van der Waals surface area contributed by atoms with E-state index in [4.69, 9.17) is 21.1 Å². The van der Waals surface area contributed by atoms with Crippen LogP contribution in [0.15, 0.2) is 0 Å². The summed E-state index contributed by atoms with van der Waals surface area (Å²) in [5.74, 6) is -3.75. The van der Waals surface area contributed by atoms with Crippen molar-refractivity contribution in [3.8, 4) is 0 Å². The van der Waals surface area contributed by atoms with Crippen LogP contribution in [0.3, 0.4) is 0 Å². The first-order valence-electron chi connectivity index (χ1n) is 5.49. The number of hydrogen-bond acceptors (Lipinski definition) is 5. The second-order valence-corrected chi connectivity index (χ2v) is 3.83. The Morgan fingerprint density at radius 2 is 1.53 bits per heavy atom. The van der Waals surface area contributed by atoms with Crippen molar-refractivity contribution in [2.75, 3.05) is 19.6 Å². The molecule has 0 unspecified atom stereocenters. The van der Waals surface area contributed by atoms with Gasteiger partial charge >= 0.3 is 47.5 Å². The van der Waals surface area contributed by atoms with Gasteiger partial charge in [0.2, 0.25) is 0 Å². The number of carboxylic acids is 3. The van der Waals surface area contributed by atoms with E-state index in [1.807, 2.05) is 0 Å². The van der Waals surface area contributed by atoms with Crippen LogP contribution in [0.5, 0.6) is 0 Å². The van der Waals surface area contributed by atoms with Crippen LogP contribution in [-0.2, 0) is 14.4 Å². The van der Waals surface area contributed by atoms with E-state index in [1.165, 1.54) is 0 Å². The van der Waals surface area contributed by atoms with Gasteiger partial charge in [-0.3, -0.25) is 19.3 Å². The summed E-state index contributed by atoms with van der Waals surface area (Å²) >= 11 is 0. The van der Waals surface area contributed by atoms with E-state index in [2.05, 4.69) is 0 Å². The van der Waals surface area contributed by atoms with Crippen LogP contribution in [0.1, 0.15) is 20.7 Å². The maximum Gasteiger partial charge on any atom is 1.00 e. The third kappa shape index (κ3) is 9.85. The molecule has 0 fully saturated rings. The zero-order valence-corrected chi connectivity index (χ0v) is 12.9. The summed E-state index contributed by atoms with van der Waals surface area (Å²) in [5, 5.41) is 26.3. The minimum absolute atomic E-state index is 0. The third-order valence-electron chi connectivity index (χ3n) is 2.33. The number of hydrogen-bond donors (Lipinski definition) is 4. The first-order valence-corrected chi connectivity index (χ1v) is 5.49. The Labute approximate surface area is 134 Å². The molecule has 0 heterocycles. The number of nitrogens with zero attached hydrogens (tertiary/aromatic N) is 1. The fourth-order valence-corrected chi connectivity index (χ4v) is 1.57. The second kappa shape index (κ2) is 11.2. The van der Waals surface area contributed by atoms with Gasteiger partial charge in [0, 0.05) is 0 Å². The minimum atomic E-state index is -1.26. The van der Waals surface area contributed by atoms with Gasteiger partial charge in [0.25, 0.3) is 0 Å². The maximum absolute atomic E-state index is 11.0. The summed E-state index contributed by atoms with van der Waals surface area (Å²) in [6, 6.07) is -1.12. The number of aliphatic carboxylic acids is 3. The molecule has 0 spiro atoms. The third-order valence-corrected chi connectivity index (χ3v) is 2.33. The van der Waals surface area contributed by atoms with Crippen LogP contribution in [0.2, 0.25) is 0 Å². The Bertz CT molecular complexity index is 302. The molecule has 0 aliphatic carbocycles. The zero-order chi connectivity index (χ0) is 14.1.